The van der Waals surface area contributed by atoms with Crippen molar-refractivity contribution >= 4 is 10.0 Å². The molecule has 138 valence electrons. The first-order chi connectivity index (χ1) is 12.5. The third-order valence-electron chi connectivity index (χ3n) is 4.66. The molecule has 7 nitrogen and oxygen atoms in total. The molecule has 2 aromatic rings. The summed E-state index contributed by atoms with van der Waals surface area (Å²) in [5, 5.41) is 0. The fraction of sp³-hybridized carbons (Fsp3) is 0.333. The van der Waals surface area contributed by atoms with Crippen LogP contribution in [0.2, 0.25) is 0 Å². The molecule has 0 fully saturated rings. The molecule has 0 saturated heterocycles. The molecule has 8 heteroatoms. The van der Waals surface area contributed by atoms with Crippen molar-refractivity contribution in [1.82, 2.24) is 4.31 Å². The van der Waals surface area contributed by atoms with E-state index >= 15 is 0 Å². The van der Waals surface area contributed by atoms with E-state index in [1.54, 1.807) is 12.1 Å². The Morgan fingerprint density at radius 1 is 1.00 bits per heavy atom. The van der Waals surface area contributed by atoms with Gasteiger partial charge in [-0.25, -0.2) is 8.42 Å². The molecule has 0 N–H and O–H groups in total. The predicted octanol–water partition coefficient (Wildman–Crippen LogP) is 2.18. The summed E-state index contributed by atoms with van der Waals surface area (Å²) in [7, 11) is -0.789. The van der Waals surface area contributed by atoms with Gasteiger partial charge in [-0.15, -0.1) is 0 Å². The molecular weight excluding hydrogens is 358 g/mol. The molecule has 0 unspecified atom stereocenters. The van der Waals surface area contributed by atoms with E-state index in [2.05, 4.69) is 0 Å². The summed E-state index contributed by atoms with van der Waals surface area (Å²) in [6.07, 6.45) is 0.609. The number of fused-ring (bicyclic) bond motifs is 2. The van der Waals surface area contributed by atoms with Crippen molar-refractivity contribution in [1.29, 1.82) is 0 Å². The van der Waals surface area contributed by atoms with Crippen LogP contribution in [-0.2, 0) is 23.0 Å². The van der Waals surface area contributed by atoms with E-state index in [-0.39, 0.29) is 18.2 Å². The molecular formula is C18H19NO6S. The lowest BCUT2D eigenvalue weighted by molar-refractivity contribution is 0.174. The molecule has 2 aliphatic heterocycles. The number of rotatable bonds is 4. The molecule has 0 aromatic heterocycles. The van der Waals surface area contributed by atoms with Crippen LogP contribution in [0.1, 0.15) is 11.1 Å². The molecule has 4 rings (SSSR count). The van der Waals surface area contributed by atoms with Crippen molar-refractivity contribution in [2.75, 3.05) is 27.6 Å². The van der Waals surface area contributed by atoms with E-state index in [4.69, 9.17) is 18.9 Å². The minimum absolute atomic E-state index is 0.101. The van der Waals surface area contributed by atoms with Gasteiger partial charge in [-0.3, -0.25) is 0 Å². The molecule has 26 heavy (non-hydrogen) atoms. The van der Waals surface area contributed by atoms with Crippen LogP contribution >= 0.6 is 0 Å². The van der Waals surface area contributed by atoms with Gasteiger partial charge in [0.1, 0.15) is 16.4 Å². The van der Waals surface area contributed by atoms with Gasteiger partial charge in [-0.05, 0) is 41.8 Å². The minimum Gasteiger partial charge on any atom is -0.497 e. The van der Waals surface area contributed by atoms with Gasteiger partial charge in [0.15, 0.2) is 11.5 Å². The van der Waals surface area contributed by atoms with E-state index in [9.17, 15) is 8.42 Å². The van der Waals surface area contributed by atoms with Crippen LogP contribution in [0.3, 0.4) is 0 Å². The highest BCUT2D eigenvalue weighted by atomic mass is 32.2. The lowest BCUT2D eigenvalue weighted by atomic mass is 10.0. The number of benzene rings is 2. The quantitative estimate of drug-likeness (QED) is 0.813. The number of nitrogens with zero attached hydrogens (tertiary/aromatic N) is 1. The molecule has 0 saturated carbocycles. The second-order valence-corrected chi connectivity index (χ2v) is 7.99. The van der Waals surface area contributed by atoms with E-state index in [0.717, 1.165) is 16.9 Å². The number of sulfonamides is 1. The first-order valence-electron chi connectivity index (χ1n) is 8.16. The van der Waals surface area contributed by atoms with E-state index < -0.39 is 10.0 Å². The number of methoxy groups -OCH3 is 2. The highest BCUT2D eigenvalue weighted by Gasteiger charge is 2.32. The standard InChI is InChI=1S/C18H19NO6S/c1-22-14-3-4-15(23-2)18(9-14)26(20,21)19-6-5-12-7-16-17(25-11-24-16)8-13(12)10-19/h3-4,7-9H,5-6,10-11H2,1-2H3. The van der Waals surface area contributed by atoms with E-state index in [1.807, 2.05) is 12.1 Å². The molecule has 2 aliphatic rings. The number of hydrogen-bond acceptors (Lipinski definition) is 6. The lowest BCUT2D eigenvalue weighted by Crippen LogP contribution is -2.36. The molecule has 2 aromatic carbocycles. The van der Waals surface area contributed by atoms with Crippen LogP contribution in [0.25, 0.3) is 0 Å². The summed E-state index contributed by atoms with van der Waals surface area (Å²) in [6.45, 7) is 0.852. The maximum absolute atomic E-state index is 13.2. The molecule has 2 heterocycles. The largest absolute Gasteiger partial charge is 0.497 e. The van der Waals surface area contributed by atoms with Gasteiger partial charge in [0.25, 0.3) is 0 Å². The number of ether oxygens (including phenoxy) is 4. The van der Waals surface area contributed by atoms with E-state index in [1.165, 1.54) is 24.6 Å². The average molecular weight is 377 g/mol. The SMILES string of the molecule is COc1ccc(OC)c(S(=O)(=O)N2CCc3cc4c(cc3C2)OCO4)c1. The van der Waals surface area contributed by atoms with Crippen molar-refractivity contribution in [2.45, 2.75) is 17.9 Å². The Hall–Kier alpha value is -2.45. The monoisotopic (exact) mass is 377 g/mol. The van der Waals surface area contributed by atoms with Gasteiger partial charge in [0.05, 0.1) is 14.2 Å². The maximum atomic E-state index is 13.2. The van der Waals surface area contributed by atoms with Crippen molar-refractivity contribution < 1.29 is 27.4 Å². The molecule has 0 amide bonds. The fourth-order valence-electron chi connectivity index (χ4n) is 3.25. The normalized spacial score (nSPS) is 16.2. The Balaban J connectivity index is 1.70. The van der Waals surface area contributed by atoms with Crippen molar-refractivity contribution in [3.8, 4) is 23.0 Å². The zero-order valence-corrected chi connectivity index (χ0v) is 15.3. The summed E-state index contributed by atoms with van der Waals surface area (Å²) in [6, 6.07) is 8.56. The zero-order valence-electron chi connectivity index (χ0n) is 14.5. The lowest BCUT2D eigenvalue weighted by Gasteiger charge is -2.28. The molecule has 0 atom stereocenters. The Labute approximate surface area is 152 Å². The second kappa shape index (κ2) is 6.37. The molecule has 0 spiro atoms. The Morgan fingerprint density at radius 2 is 1.73 bits per heavy atom. The zero-order chi connectivity index (χ0) is 18.3. The topological polar surface area (TPSA) is 74.3 Å². The average Bonchev–Trinajstić information content (AvgIpc) is 3.12. The summed E-state index contributed by atoms with van der Waals surface area (Å²) in [4.78, 5) is 0.101. The smallest absolute Gasteiger partial charge is 0.247 e. The first-order valence-corrected chi connectivity index (χ1v) is 9.60. The van der Waals surface area contributed by atoms with Crippen LogP contribution in [0, 0.1) is 0 Å². The number of hydrogen-bond donors (Lipinski definition) is 0. The second-order valence-electron chi connectivity index (χ2n) is 6.08. The maximum Gasteiger partial charge on any atom is 0.247 e. The van der Waals surface area contributed by atoms with Gasteiger partial charge >= 0.3 is 0 Å². The third kappa shape index (κ3) is 2.75. The first kappa shape index (κ1) is 17.0. The third-order valence-corrected chi connectivity index (χ3v) is 6.53. The summed E-state index contributed by atoms with van der Waals surface area (Å²) in [5.41, 5.74) is 2.00. The fourth-order valence-corrected chi connectivity index (χ4v) is 4.84. The van der Waals surface area contributed by atoms with Gasteiger partial charge in [-0.2, -0.15) is 4.31 Å². The van der Waals surface area contributed by atoms with Crippen molar-refractivity contribution in [2.24, 2.45) is 0 Å². The van der Waals surface area contributed by atoms with Gasteiger partial charge in [-0.1, -0.05) is 0 Å². The van der Waals surface area contributed by atoms with Gasteiger partial charge in [0.2, 0.25) is 16.8 Å². The minimum atomic E-state index is -3.74. The Morgan fingerprint density at radius 3 is 2.42 bits per heavy atom. The summed E-state index contributed by atoms with van der Waals surface area (Å²) >= 11 is 0. The van der Waals surface area contributed by atoms with Crippen LogP contribution in [0.4, 0.5) is 0 Å². The van der Waals surface area contributed by atoms with Gasteiger partial charge < -0.3 is 18.9 Å². The van der Waals surface area contributed by atoms with Crippen LogP contribution in [-0.4, -0.2) is 40.3 Å². The Kier molecular flexibility index (Phi) is 4.16. The van der Waals surface area contributed by atoms with E-state index in [0.29, 0.717) is 30.2 Å². The van der Waals surface area contributed by atoms with Crippen molar-refractivity contribution in [3.05, 3.63) is 41.5 Å². The summed E-state index contributed by atoms with van der Waals surface area (Å²) in [5.74, 6) is 2.13. The molecule has 0 aliphatic carbocycles. The predicted molar refractivity (Wildman–Crippen MR) is 93.4 cm³/mol. The van der Waals surface area contributed by atoms with Gasteiger partial charge in [0, 0.05) is 19.2 Å². The highest BCUT2D eigenvalue weighted by Crippen LogP contribution is 2.38. The molecule has 0 bridgehead atoms. The highest BCUT2D eigenvalue weighted by molar-refractivity contribution is 7.89. The Bertz CT molecular complexity index is 956. The van der Waals surface area contributed by atoms with Crippen LogP contribution < -0.4 is 18.9 Å². The van der Waals surface area contributed by atoms with Crippen LogP contribution in [0.15, 0.2) is 35.2 Å². The van der Waals surface area contributed by atoms with Crippen LogP contribution in [0.5, 0.6) is 23.0 Å². The summed E-state index contributed by atoms with van der Waals surface area (Å²) < 4.78 is 49.1. The van der Waals surface area contributed by atoms with Crippen molar-refractivity contribution in [3.63, 3.8) is 0 Å². The molecule has 0 radical (unpaired) electrons.